The Morgan fingerprint density at radius 3 is 2.38 bits per heavy atom. The summed E-state index contributed by atoms with van der Waals surface area (Å²) >= 11 is 0. The number of alkyl carbamates (subject to hydrolysis) is 1. The van der Waals surface area contributed by atoms with Crippen LogP contribution in [0.5, 0.6) is 0 Å². The van der Waals surface area contributed by atoms with Gasteiger partial charge in [0.2, 0.25) is 5.91 Å². The number of carbonyl (C=O) groups excluding carboxylic acids is 2. The summed E-state index contributed by atoms with van der Waals surface area (Å²) in [6.45, 7) is 2.68. The number of carboxylic acids is 1. The van der Waals surface area contributed by atoms with E-state index in [1.54, 1.807) is 6.92 Å². The molecule has 3 unspecified atom stereocenters. The van der Waals surface area contributed by atoms with Crippen LogP contribution in [0.4, 0.5) is 4.79 Å². The summed E-state index contributed by atoms with van der Waals surface area (Å²) in [7, 11) is 0. The van der Waals surface area contributed by atoms with Gasteiger partial charge in [-0.25, -0.2) is 4.79 Å². The van der Waals surface area contributed by atoms with Crippen LogP contribution >= 0.6 is 0 Å². The van der Waals surface area contributed by atoms with E-state index in [1.807, 2.05) is 24.3 Å². The molecule has 0 bridgehead atoms. The zero-order valence-electron chi connectivity index (χ0n) is 19.2. The van der Waals surface area contributed by atoms with Crippen molar-refractivity contribution >= 4 is 18.0 Å². The molecule has 2 aliphatic rings. The van der Waals surface area contributed by atoms with Crippen molar-refractivity contribution in [2.75, 3.05) is 19.8 Å². The Balaban J connectivity index is 1.27. The third-order valence-electron chi connectivity index (χ3n) is 6.50. The smallest absolute Gasteiger partial charge is 0.407 e. The van der Waals surface area contributed by atoms with E-state index in [0.717, 1.165) is 11.1 Å². The molecule has 2 aromatic carbocycles. The van der Waals surface area contributed by atoms with Gasteiger partial charge in [-0.05, 0) is 42.0 Å². The maximum atomic E-state index is 12.6. The van der Waals surface area contributed by atoms with Crippen molar-refractivity contribution in [1.82, 2.24) is 10.6 Å². The molecule has 180 valence electrons. The van der Waals surface area contributed by atoms with E-state index < -0.39 is 18.2 Å². The Bertz CT molecular complexity index is 1010. The summed E-state index contributed by atoms with van der Waals surface area (Å²) in [5.74, 6) is -1.37. The summed E-state index contributed by atoms with van der Waals surface area (Å²) in [4.78, 5) is 35.7. The van der Waals surface area contributed by atoms with E-state index in [2.05, 4.69) is 34.9 Å². The number of amides is 2. The van der Waals surface area contributed by atoms with Gasteiger partial charge in [0.15, 0.2) is 0 Å². The molecule has 34 heavy (non-hydrogen) atoms. The number of hydrogen-bond donors (Lipinski definition) is 3. The summed E-state index contributed by atoms with van der Waals surface area (Å²) in [5, 5.41) is 14.4. The van der Waals surface area contributed by atoms with Crippen molar-refractivity contribution in [1.29, 1.82) is 0 Å². The number of hydrogen-bond acceptors (Lipinski definition) is 5. The minimum atomic E-state index is -0.900. The first-order valence-electron chi connectivity index (χ1n) is 11.7. The van der Waals surface area contributed by atoms with E-state index in [0.29, 0.717) is 19.4 Å². The van der Waals surface area contributed by atoms with Gasteiger partial charge in [0.25, 0.3) is 0 Å². The van der Waals surface area contributed by atoms with Crippen LogP contribution in [0.25, 0.3) is 11.1 Å². The largest absolute Gasteiger partial charge is 0.481 e. The van der Waals surface area contributed by atoms with Crippen LogP contribution < -0.4 is 10.6 Å². The topological polar surface area (TPSA) is 114 Å². The summed E-state index contributed by atoms with van der Waals surface area (Å²) < 4.78 is 11.2. The molecular formula is C26H30N2O6. The number of carboxylic acid groups (broad SMARTS) is 1. The van der Waals surface area contributed by atoms with Gasteiger partial charge in [-0.1, -0.05) is 48.5 Å². The Kier molecular flexibility index (Phi) is 7.47. The average molecular weight is 467 g/mol. The van der Waals surface area contributed by atoms with Crippen molar-refractivity contribution in [3.63, 3.8) is 0 Å². The number of aliphatic carboxylic acids is 1. The van der Waals surface area contributed by atoms with Crippen LogP contribution in [0, 0.1) is 5.92 Å². The molecule has 0 aromatic heterocycles. The first-order valence-corrected chi connectivity index (χ1v) is 11.7. The molecule has 0 saturated carbocycles. The van der Waals surface area contributed by atoms with Gasteiger partial charge in [-0.3, -0.25) is 9.59 Å². The highest BCUT2D eigenvalue weighted by Crippen LogP contribution is 2.44. The highest BCUT2D eigenvalue weighted by molar-refractivity contribution is 5.82. The van der Waals surface area contributed by atoms with E-state index in [-0.39, 0.29) is 43.4 Å². The molecule has 2 amide bonds. The second-order valence-corrected chi connectivity index (χ2v) is 8.89. The summed E-state index contributed by atoms with van der Waals surface area (Å²) in [6, 6.07) is 16.0. The molecular weight excluding hydrogens is 436 g/mol. The molecule has 1 aliphatic carbocycles. The molecule has 3 atom stereocenters. The van der Waals surface area contributed by atoms with Crippen LogP contribution in [0.15, 0.2) is 48.5 Å². The van der Waals surface area contributed by atoms with Gasteiger partial charge in [0.05, 0.1) is 0 Å². The predicted molar refractivity (Wildman–Crippen MR) is 125 cm³/mol. The maximum Gasteiger partial charge on any atom is 0.407 e. The van der Waals surface area contributed by atoms with Gasteiger partial charge in [-0.15, -0.1) is 0 Å². The minimum Gasteiger partial charge on any atom is -0.481 e. The van der Waals surface area contributed by atoms with Crippen molar-refractivity contribution in [2.45, 2.75) is 44.2 Å². The van der Waals surface area contributed by atoms with Crippen molar-refractivity contribution in [3.8, 4) is 11.1 Å². The molecule has 0 spiro atoms. The molecule has 2 aromatic rings. The Hall–Kier alpha value is -3.39. The number of nitrogens with one attached hydrogen (secondary N) is 2. The third kappa shape index (κ3) is 5.39. The van der Waals surface area contributed by atoms with Crippen molar-refractivity contribution in [2.24, 2.45) is 5.92 Å². The molecule has 8 nitrogen and oxygen atoms in total. The lowest BCUT2D eigenvalue weighted by atomic mass is 9.98. The lowest BCUT2D eigenvalue weighted by Gasteiger charge is -2.21. The van der Waals surface area contributed by atoms with Gasteiger partial charge in [0, 0.05) is 37.5 Å². The van der Waals surface area contributed by atoms with Crippen LogP contribution in [-0.4, -0.2) is 55.0 Å². The second-order valence-electron chi connectivity index (χ2n) is 8.89. The number of carbonyl (C=O) groups is 3. The summed E-state index contributed by atoms with van der Waals surface area (Å²) in [5.41, 5.74) is 4.63. The number of benzene rings is 2. The Morgan fingerprint density at radius 1 is 1.09 bits per heavy atom. The third-order valence-corrected chi connectivity index (χ3v) is 6.50. The van der Waals surface area contributed by atoms with Gasteiger partial charge >= 0.3 is 12.1 Å². The monoisotopic (exact) mass is 466 g/mol. The fourth-order valence-corrected chi connectivity index (χ4v) is 4.73. The predicted octanol–water partition coefficient (Wildman–Crippen LogP) is 3.30. The van der Waals surface area contributed by atoms with Gasteiger partial charge < -0.3 is 25.2 Å². The SMILES string of the molecule is CC(CCC(=O)O)NC(=O)C1OCCC1CNC(=O)OCC1c2ccccc2-c2ccccc21. The first-order chi connectivity index (χ1) is 16.4. The number of rotatable bonds is 9. The molecule has 8 heteroatoms. The van der Waals surface area contributed by atoms with E-state index in [9.17, 15) is 14.4 Å². The van der Waals surface area contributed by atoms with Gasteiger partial charge in [0.1, 0.15) is 12.7 Å². The standard InChI is InChI=1S/C26H30N2O6/c1-16(10-11-23(29)30)28-25(31)24-17(12-13-33-24)14-27-26(32)34-15-22-20-8-4-2-6-18(20)19-7-3-5-9-21(19)22/h2-9,16-17,22,24H,10-15H2,1H3,(H,27,32)(H,28,31)(H,29,30). The highest BCUT2D eigenvalue weighted by Gasteiger charge is 2.35. The fraction of sp³-hybridized carbons (Fsp3) is 0.423. The van der Waals surface area contributed by atoms with E-state index in [4.69, 9.17) is 14.6 Å². The lowest BCUT2D eigenvalue weighted by Crippen LogP contribution is -2.45. The Labute approximate surface area is 198 Å². The average Bonchev–Trinajstić information content (AvgIpc) is 3.43. The zero-order valence-corrected chi connectivity index (χ0v) is 19.2. The summed E-state index contributed by atoms with van der Waals surface area (Å²) in [6.07, 6.45) is -0.231. The van der Waals surface area contributed by atoms with Gasteiger partial charge in [-0.2, -0.15) is 0 Å². The molecule has 3 N–H and O–H groups in total. The number of fused-ring (bicyclic) bond motifs is 3. The van der Waals surface area contributed by atoms with Crippen LogP contribution in [-0.2, 0) is 19.1 Å². The number of ether oxygens (including phenoxy) is 2. The molecule has 4 rings (SSSR count). The van der Waals surface area contributed by atoms with E-state index >= 15 is 0 Å². The zero-order chi connectivity index (χ0) is 24.1. The molecule has 1 fully saturated rings. The lowest BCUT2D eigenvalue weighted by molar-refractivity contribution is -0.138. The molecule has 1 heterocycles. The highest BCUT2D eigenvalue weighted by atomic mass is 16.5. The quantitative estimate of drug-likeness (QED) is 0.523. The minimum absolute atomic E-state index is 0.0141. The Morgan fingerprint density at radius 2 is 1.74 bits per heavy atom. The maximum absolute atomic E-state index is 12.6. The molecule has 1 saturated heterocycles. The normalized spacial score (nSPS) is 19.7. The van der Waals surface area contributed by atoms with Crippen molar-refractivity contribution in [3.05, 3.63) is 59.7 Å². The fourth-order valence-electron chi connectivity index (χ4n) is 4.73. The second kappa shape index (κ2) is 10.7. The van der Waals surface area contributed by atoms with E-state index in [1.165, 1.54) is 11.1 Å². The van der Waals surface area contributed by atoms with Crippen LogP contribution in [0.1, 0.15) is 43.2 Å². The van der Waals surface area contributed by atoms with Crippen LogP contribution in [0.2, 0.25) is 0 Å². The van der Waals surface area contributed by atoms with Crippen molar-refractivity contribution < 1.29 is 29.0 Å². The molecule has 1 aliphatic heterocycles. The van der Waals surface area contributed by atoms with Crippen LogP contribution in [0.3, 0.4) is 0 Å². The molecule has 0 radical (unpaired) electrons. The first kappa shape index (κ1) is 23.8.